The van der Waals surface area contributed by atoms with Crippen molar-refractivity contribution in [1.29, 1.82) is 0 Å². The van der Waals surface area contributed by atoms with Crippen molar-refractivity contribution in [1.82, 2.24) is 15.2 Å². The molecule has 1 aromatic heterocycles. The maximum Gasteiger partial charge on any atom is 0.509 e. The van der Waals surface area contributed by atoms with Crippen molar-refractivity contribution < 1.29 is 28.7 Å². The summed E-state index contributed by atoms with van der Waals surface area (Å²) in [6.07, 6.45) is -2.49. The van der Waals surface area contributed by atoms with E-state index >= 15 is 0 Å². The number of anilines is 1. The number of thiazole rings is 1. The molecule has 0 aliphatic carbocycles. The van der Waals surface area contributed by atoms with Crippen LogP contribution in [-0.2, 0) is 23.9 Å². The Morgan fingerprint density at radius 3 is 2.58 bits per heavy atom. The van der Waals surface area contributed by atoms with E-state index in [4.69, 9.17) is 15.2 Å². The fourth-order valence-corrected chi connectivity index (χ4v) is 5.21. The number of ketones is 1. The third kappa shape index (κ3) is 5.03. The smallest absolute Gasteiger partial charge is 0.432 e. The van der Waals surface area contributed by atoms with Gasteiger partial charge in [-0.25, -0.2) is 9.78 Å². The lowest BCUT2D eigenvalue weighted by molar-refractivity contribution is -0.147. The number of carbonyl (C=O) groups is 4. The summed E-state index contributed by atoms with van der Waals surface area (Å²) in [5.74, 6) is -1.03. The number of Topliss-reactive ketones (excluding diaryl/α,β-unsaturated/α-hetero) is 1. The first-order chi connectivity index (χ1) is 15.5. The van der Waals surface area contributed by atoms with Crippen LogP contribution in [0.4, 0.5) is 9.93 Å². The van der Waals surface area contributed by atoms with E-state index in [2.05, 4.69) is 15.3 Å². The Balaban J connectivity index is 1.71. The fraction of sp³-hybridized carbons (Fsp3) is 0.500. The maximum atomic E-state index is 13.0. The van der Waals surface area contributed by atoms with Crippen molar-refractivity contribution in [3.8, 4) is 0 Å². The maximum absolute atomic E-state index is 13.0. The summed E-state index contributed by atoms with van der Waals surface area (Å²) < 4.78 is 9.98. The molecule has 33 heavy (non-hydrogen) atoms. The quantitative estimate of drug-likeness (QED) is 0.324. The Bertz CT molecular complexity index is 1050. The van der Waals surface area contributed by atoms with E-state index in [0.29, 0.717) is 22.2 Å². The molecule has 13 heteroatoms. The fourth-order valence-electron chi connectivity index (χ4n) is 3.37. The molecule has 178 valence electrons. The van der Waals surface area contributed by atoms with Crippen LogP contribution in [0.25, 0.3) is 0 Å². The summed E-state index contributed by atoms with van der Waals surface area (Å²) >= 11 is 2.60. The van der Waals surface area contributed by atoms with E-state index in [1.54, 1.807) is 26.2 Å². The van der Waals surface area contributed by atoms with E-state index in [1.807, 2.05) is 0 Å². The Labute approximate surface area is 198 Å². The SMILES string of the molecule is CN=C(C(=O)NC1C(=O)N2C(C(=O)C(C)OC(=O)OC(C)C)=C(C)CSC12)c1csc(N)n1. The van der Waals surface area contributed by atoms with Gasteiger partial charge in [0.2, 0.25) is 5.78 Å². The summed E-state index contributed by atoms with van der Waals surface area (Å²) in [5.41, 5.74) is 6.87. The van der Waals surface area contributed by atoms with Crippen molar-refractivity contribution >= 4 is 57.7 Å². The van der Waals surface area contributed by atoms with Gasteiger partial charge >= 0.3 is 6.16 Å². The lowest BCUT2D eigenvalue weighted by Gasteiger charge is -2.50. The van der Waals surface area contributed by atoms with Crippen LogP contribution in [0, 0.1) is 0 Å². The largest absolute Gasteiger partial charge is 0.509 e. The van der Waals surface area contributed by atoms with Crippen LogP contribution in [0.3, 0.4) is 0 Å². The molecule has 1 fully saturated rings. The Morgan fingerprint density at radius 2 is 2.00 bits per heavy atom. The van der Waals surface area contributed by atoms with Crippen LogP contribution in [0.15, 0.2) is 21.6 Å². The first kappa shape index (κ1) is 24.7. The van der Waals surface area contributed by atoms with Gasteiger partial charge in [0.15, 0.2) is 11.2 Å². The number of aromatic nitrogens is 1. The zero-order chi connectivity index (χ0) is 24.4. The van der Waals surface area contributed by atoms with Crippen molar-refractivity contribution in [2.24, 2.45) is 4.99 Å². The third-order valence-corrected chi connectivity index (χ3v) is 6.95. The molecule has 2 aliphatic rings. The van der Waals surface area contributed by atoms with E-state index < -0.39 is 47.4 Å². The average molecular weight is 496 g/mol. The molecule has 1 aromatic rings. The standard InChI is InChI=1S/C20H25N5O6S2/c1-8(2)30-20(29)31-10(4)15(26)14-9(3)6-32-18-13(17(28)25(14)18)24-16(27)12(22-5)11-7-33-19(21)23-11/h7-8,10,13,18H,6H2,1-5H3,(H2,21,23)(H,24,27). The van der Waals surface area contributed by atoms with Crippen molar-refractivity contribution in [3.05, 3.63) is 22.3 Å². The Kier molecular flexibility index (Phi) is 7.42. The highest BCUT2D eigenvalue weighted by Crippen LogP contribution is 2.40. The van der Waals surface area contributed by atoms with Gasteiger partial charge in [-0.1, -0.05) is 0 Å². The number of nitrogen functional groups attached to an aromatic ring is 1. The monoisotopic (exact) mass is 495 g/mol. The zero-order valence-corrected chi connectivity index (χ0v) is 20.4. The number of aliphatic imine (C=N–C) groups is 1. The van der Waals surface area contributed by atoms with E-state index in [1.165, 1.54) is 42.0 Å². The number of carbonyl (C=O) groups excluding carboxylic acids is 4. The van der Waals surface area contributed by atoms with Crippen LogP contribution in [0.2, 0.25) is 0 Å². The molecule has 3 atom stereocenters. The molecule has 2 amide bonds. The van der Waals surface area contributed by atoms with Crippen molar-refractivity contribution in [3.63, 3.8) is 0 Å². The summed E-state index contributed by atoms with van der Waals surface area (Å²) in [5, 5.41) is 4.11. The Morgan fingerprint density at radius 1 is 1.30 bits per heavy atom. The summed E-state index contributed by atoms with van der Waals surface area (Å²) in [7, 11) is 1.45. The molecule has 0 bridgehead atoms. The molecule has 0 aromatic carbocycles. The number of thioether (sulfide) groups is 1. The molecular formula is C20H25N5O6S2. The first-order valence-electron chi connectivity index (χ1n) is 10.1. The number of amides is 2. The van der Waals surface area contributed by atoms with Gasteiger partial charge in [-0.15, -0.1) is 23.1 Å². The number of hydrogen-bond donors (Lipinski definition) is 2. The topological polar surface area (TPSA) is 153 Å². The van der Waals surface area contributed by atoms with Crippen LogP contribution in [-0.4, -0.2) is 75.8 Å². The average Bonchev–Trinajstić information content (AvgIpc) is 3.16. The predicted molar refractivity (Wildman–Crippen MR) is 124 cm³/mol. The number of fused-ring (bicyclic) bond motifs is 1. The second kappa shape index (κ2) is 9.91. The molecule has 2 aliphatic heterocycles. The molecular weight excluding hydrogens is 470 g/mol. The first-order valence-corrected chi connectivity index (χ1v) is 12.0. The van der Waals surface area contributed by atoms with Gasteiger partial charge in [0, 0.05) is 18.2 Å². The molecule has 3 heterocycles. The highest BCUT2D eigenvalue weighted by atomic mass is 32.2. The van der Waals surface area contributed by atoms with Gasteiger partial charge in [0.25, 0.3) is 11.8 Å². The van der Waals surface area contributed by atoms with E-state index in [-0.39, 0.29) is 11.4 Å². The number of β-lactam (4-membered cyclic amide) rings is 1. The lowest BCUT2D eigenvalue weighted by Crippen LogP contribution is -2.71. The van der Waals surface area contributed by atoms with Crippen LogP contribution < -0.4 is 11.1 Å². The minimum atomic E-state index is -1.14. The summed E-state index contributed by atoms with van der Waals surface area (Å²) in [4.78, 5) is 59.9. The minimum Gasteiger partial charge on any atom is -0.432 e. The van der Waals surface area contributed by atoms with E-state index in [9.17, 15) is 19.2 Å². The zero-order valence-electron chi connectivity index (χ0n) is 18.8. The number of hydrogen-bond acceptors (Lipinski definition) is 11. The van der Waals surface area contributed by atoms with E-state index in [0.717, 1.165) is 0 Å². The molecule has 11 nitrogen and oxygen atoms in total. The predicted octanol–water partition coefficient (Wildman–Crippen LogP) is 1.34. The molecule has 3 rings (SSSR count). The van der Waals surface area contributed by atoms with Crippen LogP contribution >= 0.6 is 23.1 Å². The Hall–Kier alpha value is -2.93. The van der Waals surface area contributed by atoms with Crippen LogP contribution in [0.5, 0.6) is 0 Å². The number of nitrogens with one attached hydrogen (secondary N) is 1. The van der Waals surface area contributed by atoms with Crippen molar-refractivity contribution in [2.45, 2.75) is 51.3 Å². The van der Waals surface area contributed by atoms with Gasteiger partial charge in [-0.05, 0) is 33.3 Å². The van der Waals surface area contributed by atoms with Gasteiger partial charge in [-0.3, -0.25) is 24.3 Å². The summed E-state index contributed by atoms with van der Waals surface area (Å²) in [6, 6.07) is -0.840. The highest BCUT2D eigenvalue weighted by Gasteiger charge is 2.54. The number of nitrogens with two attached hydrogens (primary N) is 1. The molecule has 0 saturated carbocycles. The molecule has 3 unspecified atom stereocenters. The molecule has 0 spiro atoms. The number of rotatable bonds is 7. The summed E-state index contributed by atoms with van der Waals surface area (Å²) in [6.45, 7) is 6.49. The highest BCUT2D eigenvalue weighted by molar-refractivity contribution is 8.00. The van der Waals surface area contributed by atoms with Gasteiger partial charge in [0.05, 0.1) is 11.8 Å². The van der Waals surface area contributed by atoms with Crippen LogP contribution in [0.1, 0.15) is 33.4 Å². The lowest BCUT2D eigenvalue weighted by atomic mass is 9.99. The molecule has 1 saturated heterocycles. The molecule has 3 N–H and O–H groups in total. The molecule has 0 radical (unpaired) electrons. The third-order valence-electron chi connectivity index (χ3n) is 4.86. The van der Waals surface area contributed by atoms with Gasteiger partial charge in [-0.2, -0.15) is 0 Å². The second-order valence-electron chi connectivity index (χ2n) is 7.67. The van der Waals surface area contributed by atoms with Gasteiger partial charge < -0.3 is 20.5 Å². The van der Waals surface area contributed by atoms with Crippen molar-refractivity contribution in [2.75, 3.05) is 18.5 Å². The number of nitrogens with zero attached hydrogens (tertiary/aromatic N) is 3. The normalized spacial score (nSPS) is 21.3. The second-order valence-corrected chi connectivity index (χ2v) is 9.67. The number of ether oxygens (including phenoxy) is 2. The minimum absolute atomic E-state index is 0.0590. The van der Waals surface area contributed by atoms with Gasteiger partial charge in [0.1, 0.15) is 22.8 Å².